The largest absolute Gasteiger partial charge is 0.480 e. The van der Waals surface area contributed by atoms with Gasteiger partial charge in [-0.2, -0.15) is 0 Å². The average molecular weight is 274 g/mol. The Hall–Kier alpha value is -1.91. The van der Waals surface area contributed by atoms with Gasteiger partial charge in [0.2, 0.25) is 0 Å². The van der Waals surface area contributed by atoms with Gasteiger partial charge < -0.3 is 15.3 Å². The van der Waals surface area contributed by atoms with Gasteiger partial charge >= 0.3 is 5.97 Å². The Morgan fingerprint density at radius 3 is 2.45 bits per heavy atom. The number of aliphatic hydroxyl groups excluding tert-OH is 1. The molecule has 2 atom stereocenters. The highest BCUT2D eigenvalue weighted by atomic mass is 16.4. The van der Waals surface area contributed by atoms with Gasteiger partial charge in [0.1, 0.15) is 11.0 Å². The first kappa shape index (κ1) is 14.5. The lowest BCUT2D eigenvalue weighted by molar-refractivity contribution is -0.141. The molecule has 0 heterocycles. The maximum Gasteiger partial charge on any atom is 0.318 e. The number of allylic oxidation sites excluding steroid dienone is 1. The molecule has 1 aliphatic carbocycles. The van der Waals surface area contributed by atoms with E-state index in [2.05, 4.69) is 0 Å². The van der Waals surface area contributed by atoms with E-state index >= 15 is 0 Å². The molecule has 0 spiro atoms. The first-order valence-corrected chi connectivity index (χ1v) is 6.44. The van der Waals surface area contributed by atoms with Crippen molar-refractivity contribution in [2.24, 2.45) is 0 Å². The van der Waals surface area contributed by atoms with E-state index in [4.69, 9.17) is 5.11 Å². The fourth-order valence-electron chi connectivity index (χ4n) is 2.34. The van der Waals surface area contributed by atoms with Crippen molar-refractivity contribution < 1.29 is 20.1 Å². The molecule has 4 nitrogen and oxygen atoms in total. The zero-order valence-electron chi connectivity index (χ0n) is 11.3. The molecular weight excluding hydrogens is 256 g/mol. The smallest absolute Gasteiger partial charge is 0.318 e. The Kier molecular flexibility index (Phi) is 3.79. The summed E-state index contributed by atoms with van der Waals surface area (Å²) >= 11 is 0. The molecule has 0 radical (unpaired) electrons. The number of carboxylic acids is 1. The van der Waals surface area contributed by atoms with Crippen LogP contribution in [0.2, 0.25) is 0 Å². The van der Waals surface area contributed by atoms with Crippen LogP contribution >= 0.6 is 0 Å². The highest BCUT2D eigenvalue weighted by Gasteiger charge is 2.40. The molecule has 106 valence electrons. The SMILES string of the molecule is CC(C(=O)O)(C1=CCC(O)(CO)C=C1)c1ccccc1. The molecule has 0 saturated carbocycles. The number of aliphatic hydroxyl groups is 2. The lowest BCUT2D eigenvalue weighted by Crippen LogP contribution is -2.38. The molecule has 1 aromatic rings. The monoisotopic (exact) mass is 274 g/mol. The van der Waals surface area contributed by atoms with E-state index in [1.807, 2.05) is 6.07 Å². The summed E-state index contributed by atoms with van der Waals surface area (Å²) in [4.78, 5) is 11.8. The normalized spacial score (nSPS) is 24.9. The van der Waals surface area contributed by atoms with E-state index in [9.17, 15) is 15.0 Å². The minimum absolute atomic E-state index is 0.199. The topological polar surface area (TPSA) is 77.8 Å². The molecule has 1 aromatic carbocycles. The second-order valence-electron chi connectivity index (χ2n) is 5.25. The molecule has 2 unspecified atom stereocenters. The Labute approximate surface area is 117 Å². The van der Waals surface area contributed by atoms with Crippen LogP contribution in [0.4, 0.5) is 0 Å². The third-order valence-corrected chi connectivity index (χ3v) is 3.88. The van der Waals surface area contributed by atoms with Crippen LogP contribution in [0.5, 0.6) is 0 Å². The van der Waals surface area contributed by atoms with E-state index in [0.29, 0.717) is 11.1 Å². The van der Waals surface area contributed by atoms with Crippen LogP contribution in [-0.2, 0) is 10.2 Å². The van der Waals surface area contributed by atoms with E-state index in [-0.39, 0.29) is 13.0 Å². The fourth-order valence-corrected chi connectivity index (χ4v) is 2.34. The average Bonchev–Trinajstić information content (AvgIpc) is 2.48. The number of carbonyl (C=O) groups is 1. The van der Waals surface area contributed by atoms with Gasteiger partial charge in [-0.3, -0.25) is 4.79 Å². The van der Waals surface area contributed by atoms with E-state index in [1.54, 1.807) is 43.3 Å². The Bertz CT molecular complexity index is 561. The summed E-state index contributed by atoms with van der Waals surface area (Å²) in [6.07, 6.45) is 4.93. The van der Waals surface area contributed by atoms with Crippen LogP contribution in [0.15, 0.2) is 54.1 Å². The van der Waals surface area contributed by atoms with Crippen LogP contribution in [-0.4, -0.2) is 33.5 Å². The maximum absolute atomic E-state index is 11.8. The third kappa shape index (κ3) is 2.40. The zero-order chi connectivity index (χ0) is 14.8. The van der Waals surface area contributed by atoms with Crippen molar-refractivity contribution in [2.45, 2.75) is 24.4 Å². The highest BCUT2D eigenvalue weighted by molar-refractivity contribution is 5.86. The van der Waals surface area contributed by atoms with Gasteiger partial charge in [-0.25, -0.2) is 0 Å². The van der Waals surface area contributed by atoms with Crippen molar-refractivity contribution in [3.63, 3.8) is 0 Å². The van der Waals surface area contributed by atoms with Crippen LogP contribution in [0.25, 0.3) is 0 Å². The molecule has 1 aliphatic rings. The predicted molar refractivity (Wildman–Crippen MR) is 75.3 cm³/mol. The molecule has 0 amide bonds. The lowest BCUT2D eigenvalue weighted by Gasteiger charge is -2.32. The van der Waals surface area contributed by atoms with Crippen molar-refractivity contribution in [1.82, 2.24) is 0 Å². The molecule has 20 heavy (non-hydrogen) atoms. The molecule has 3 N–H and O–H groups in total. The molecule has 2 rings (SSSR count). The summed E-state index contributed by atoms with van der Waals surface area (Å²) in [5.41, 5.74) is -1.18. The molecular formula is C16H18O4. The maximum atomic E-state index is 11.8. The third-order valence-electron chi connectivity index (χ3n) is 3.88. The standard InChI is InChI=1S/C16H18O4/c1-15(14(18)19,12-5-3-2-4-6-12)13-7-9-16(20,11-17)10-8-13/h2-9,17,20H,10-11H2,1H3,(H,18,19). The van der Waals surface area contributed by atoms with Crippen molar-refractivity contribution in [2.75, 3.05) is 6.61 Å². The van der Waals surface area contributed by atoms with Crippen LogP contribution in [0, 0.1) is 0 Å². The molecule has 0 fully saturated rings. The van der Waals surface area contributed by atoms with Crippen molar-refractivity contribution >= 4 is 5.97 Å². The van der Waals surface area contributed by atoms with E-state index in [0.717, 1.165) is 0 Å². The minimum atomic E-state index is -1.29. The minimum Gasteiger partial charge on any atom is -0.480 e. The van der Waals surface area contributed by atoms with E-state index in [1.165, 1.54) is 6.08 Å². The van der Waals surface area contributed by atoms with Crippen LogP contribution in [0.1, 0.15) is 18.9 Å². The number of rotatable bonds is 4. The fraction of sp³-hybridized carbons (Fsp3) is 0.312. The molecule has 4 heteroatoms. The zero-order valence-corrected chi connectivity index (χ0v) is 11.3. The van der Waals surface area contributed by atoms with Crippen molar-refractivity contribution in [3.8, 4) is 0 Å². The summed E-state index contributed by atoms with van der Waals surface area (Å²) < 4.78 is 0. The molecule has 0 saturated heterocycles. The van der Waals surface area contributed by atoms with E-state index < -0.39 is 17.0 Å². The van der Waals surface area contributed by atoms with Gasteiger partial charge in [0.25, 0.3) is 0 Å². The summed E-state index contributed by atoms with van der Waals surface area (Å²) in [5, 5.41) is 28.7. The van der Waals surface area contributed by atoms with Crippen LogP contribution < -0.4 is 0 Å². The first-order valence-electron chi connectivity index (χ1n) is 6.44. The van der Waals surface area contributed by atoms with Gasteiger partial charge in [0.15, 0.2) is 0 Å². The van der Waals surface area contributed by atoms with Crippen molar-refractivity contribution in [1.29, 1.82) is 0 Å². The number of hydrogen-bond donors (Lipinski definition) is 3. The van der Waals surface area contributed by atoms with Crippen molar-refractivity contribution in [3.05, 3.63) is 59.7 Å². The summed E-state index contributed by atoms with van der Waals surface area (Å²) in [6.45, 7) is 1.26. The molecule has 0 aromatic heterocycles. The highest BCUT2D eigenvalue weighted by Crippen LogP contribution is 2.36. The summed E-state index contributed by atoms with van der Waals surface area (Å²) in [5.74, 6) is -0.950. The summed E-state index contributed by atoms with van der Waals surface area (Å²) in [7, 11) is 0. The molecule has 0 aliphatic heterocycles. The van der Waals surface area contributed by atoms with Crippen LogP contribution in [0.3, 0.4) is 0 Å². The Balaban J connectivity index is 2.42. The first-order chi connectivity index (χ1) is 9.42. The summed E-state index contributed by atoms with van der Waals surface area (Å²) in [6, 6.07) is 8.98. The van der Waals surface area contributed by atoms with Gasteiger partial charge in [-0.15, -0.1) is 0 Å². The molecule has 0 bridgehead atoms. The van der Waals surface area contributed by atoms with Gasteiger partial charge in [0.05, 0.1) is 6.61 Å². The second kappa shape index (κ2) is 5.23. The second-order valence-corrected chi connectivity index (χ2v) is 5.25. The van der Waals surface area contributed by atoms with Gasteiger partial charge in [0, 0.05) is 6.42 Å². The lowest BCUT2D eigenvalue weighted by atomic mass is 9.73. The predicted octanol–water partition coefficient (Wildman–Crippen LogP) is 1.64. The number of carboxylic acid groups (broad SMARTS) is 1. The van der Waals surface area contributed by atoms with Gasteiger partial charge in [-0.05, 0) is 18.1 Å². The number of hydrogen-bond acceptors (Lipinski definition) is 3. The Morgan fingerprint density at radius 1 is 1.35 bits per heavy atom. The Morgan fingerprint density at radius 2 is 2.00 bits per heavy atom. The quantitative estimate of drug-likeness (QED) is 0.780. The number of benzene rings is 1. The number of aliphatic carboxylic acids is 1. The van der Waals surface area contributed by atoms with Gasteiger partial charge in [-0.1, -0.05) is 48.6 Å².